The number of aromatic hydroxyl groups is 1. The first-order valence-corrected chi connectivity index (χ1v) is 7.75. The zero-order chi connectivity index (χ0) is 17.7. The summed E-state index contributed by atoms with van der Waals surface area (Å²) in [4.78, 5) is 0. The normalized spacial score (nSPS) is 11.4. The molecule has 0 atom stereocenters. The molecule has 0 aliphatic carbocycles. The third-order valence-corrected chi connectivity index (χ3v) is 3.65. The van der Waals surface area contributed by atoms with E-state index in [1.165, 1.54) is 24.3 Å². The zero-order valence-corrected chi connectivity index (χ0v) is 13.8. The van der Waals surface area contributed by atoms with Gasteiger partial charge in [0.2, 0.25) is 0 Å². The van der Waals surface area contributed by atoms with Crippen LogP contribution in [0.25, 0.3) is 0 Å². The maximum atomic E-state index is 12.4. The Morgan fingerprint density at radius 1 is 1.04 bits per heavy atom. The van der Waals surface area contributed by atoms with E-state index in [0.717, 1.165) is 12.1 Å². The van der Waals surface area contributed by atoms with Gasteiger partial charge in [-0.2, -0.15) is 13.2 Å². The molecule has 2 rings (SSSR count). The lowest BCUT2D eigenvalue weighted by molar-refractivity contribution is -0.137. The van der Waals surface area contributed by atoms with Crippen LogP contribution in [0.15, 0.2) is 36.4 Å². The van der Waals surface area contributed by atoms with Crippen molar-refractivity contribution in [1.29, 1.82) is 0 Å². The van der Waals surface area contributed by atoms with Gasteiger partial charge in [-0.25, -0.2) is 0 Å². The molecule has 130 valence electrons. The van der Waals surface area contributed by atoms with Crippen molar-refractivity contribution >= 4 is 28.9 Å². The van der Waals surface area contributed by atoms with Gasteiger partial charge in [0.1, 0.15) is 5.75 Å². The fourth-order valence-electron chi connectivity index (χ4n) is 1.94. The highest BCUT2D eigenvalue weighted by atomic mass is 35.5. The molecule has 0 amide bonds. The second-order valence-corrected chi connectivity index (χ2v) is 5.76. The molecule has 0 aliphatic heterocycles. The first-order chi connectivity index (χ1) is 11.3. The van der Waals surface area contributed by atoms with Crippen molar-refractivity contribution in [2.75, 3.05) is 18.5 Å². The SMILES string of the molecule is Oc1cc(Cl)c(OCCCNc2ccc(C(F)(F)F)cc2)c(Cl)c1. The van der Waals surface area contributed by atoms with E-state index in [1.807, 2.05) is 0 Å². The Morgan fingerprint density at radius 2 is 1.62 bits per heavy atom. The van der Waals surface area contributed by atoms with Gasteiger partial charge >= 0.3 is 6.18 Å². The summed E-state index contributed by atoms with van der Waals surface area (Å²) in [5.74, 6) is 0.229. The average molecular weight is 380 g/mol. The highest BCUT2D eigenvalue weighted by Crippen LogP contribution is 2.36. The Hall–Kier alpha value is -1.79. The summed E-state index contributed by atoms with van der Waals surface area (Å²) in [6.45, 7) is 0.802. The second kappa shape index (κ2) is 7.85. The van der Waals surface area contributed by atoms with Crippen LogP contribution < -0.4 is 10.1 Å². The molecule has 2 N–H and O–H groups in total. The Kier molecular flexibility index (Phi) is 6.07. The molecule has 0 saturated carbocycles. The van der Waals surface area contributed by atoms with Crippen molar-refractivity contribution in [3.05, 3.63) is 52.0 Å². The molecular weight excluding hydrogens is 366 g/mol. The van der Waals surface area contributed by atoms with E-state index >= 15 is 0 Å². The fourth-order valence-corrected chi connectivity index (χ4v) is 2.53. The Bertz CT molecular complexity index is 668. The van der Waals surface area contributed by atoms with Gasteiger partial charge in [-0.15, -0.1) is 0 Å². The van der Waals surface area contributed by atoms with Gasteiger partial charge in [0.15, 0.2) is 5.75 Å². The van der Waals surface area contributed by atoms with Gasteiger partial charge in [0.05, 0.1) is 22.2 Å². The molecule has 0 bridgehead atoms. The molecule has 0 fully saturated rings. The minimum atomic E-state index is -4.34. The van der Waals surface area contributed by atoms with Crippen molar-refractivity contribution in [2.24, 2.45) is 0 Å². The van der Waals surface area contributed by atoms with E-state index in [9.17, 15) is 18.3 Å². The number of ether oxygens (including phenoxy) is 1. The summed E-state index contributed by atoms with van der Waals surface area (Å²) in [5, 5.41) is 12.7. The molecule has 0 spiro atoms. The number of rotatable bonds is 6. The number of hydrogen-bond acceptors (Lipinski definition) is 3. The lowest BCUT2D eigenvalue weighted by Crippen LogP contribution is -2.08. The second-order valence-electron chi connectivity index (χ2n) is 4.94. The molecule has 0 unspecified atom stereocenters. The number of phenolic OH excluding ortho intramolecular Hbond substituents is 1. The molecule has 0 aromatic heterocycles. The van der Waals surface area contributed by atoms with Crippen LogP contribution in [0.4, 0.5) is 18.9 Å². The van der Waals surface area contributed by atoms with E-state index in [4.69, 9.17) is 27.9 Å². The largest absolute Gasteiger partial charge is 0.508 e. The molecule has 3 nitrogen and oxygen atoms in total. The molecule has 0 heterocycles. The standard InChI is InChI=1S/C16H14Cl2F3NO2/c17-13-8-12(23)9-14(18)15(13)24-7-1-6-22-11-4-2-10(3-5-11)16(19,20)21/h2-5,8-9,22-23H,1,6-7H2. The number of benzene rings is 2. The molecule has 2 aromatic rings. The highest BCUT2D eigenvalue weighted by Gasteiger charge is 2.29. The number of hydrogen-bond donors (Lipinski definition) is 2. The van der Waals surface area contributed by atoms with Gasteiger partial charge < -0.3 is 15.2 Å². The van der Waals surface area contributed by atoms with Crippen LogP contribution in [0.5, 0.6) is 11.5 Å². The first kappa shape index (κ1) is 18.5. The monoisotopic (exact) mass is 379 g/mol. The van der Waals surface area contributed by atoms with Crippen molar-refractivity contribution in [3.63, 3.8) is 0 Å². The molecule has 24 heavy (non-hydrogen) atoms. The van der Waals surface area contributed by atoms with Crippen LogP contribution in [0, 0.1) is 0 Å². The number of anilines is 1. The smallest absolute Gasteiger partial charge is 0.416 e. The van der Waals surface area contributed by atoms with Crippen LogP contribution in [-0.4, -0.2) is 18.3 Å². The minimum absolute atomic E-state index is 0.0543. The van der Waals surface area contributed by atoms with Gasteiger partial charge in [-0.3, -0.25) is 0 Å². The number of alkyl halides is 3. The van der Waals surface area contributed by atoms with Gasteiger partial charge in [0.25, 0.3) is 0 Å². The third-order valence-electron chi connectivity index (χ3n) is 3.09. The third kappa shape index (κ3) is 5.11. The molecule has 8 heteroatoms. The summed E-state index contributed by atoms with van der Waals surface area (Å²) in [5.41, 5.74) is -0.100. The first-order valence-electron chi connectivity index (χ1n) is 6.99. The Balaban J connectivity index is 1.78. The quantitative estimate of drug-likeness (QED) is 0.641. The van der Waals surface area contributed by atoms with Crippen LogP contribution >= 0.6 is 23.2 Å². The maximum absolute atomic E-state index is 12.4. The van der Waals surface area contributed by atoms with Crippen LogP contribution in [0.1, 0.15) is 12.0 Å². The predicted molar refractivity (Wildman–Crippen MR) is 88.2 cm³/mol. The summed E-state index contributed by atoms with van der Waals surface area (Å²) < 4.78 is 42.8. The predicted octanol–water partition coefficient (Wildman–Crippen LogP) is 5.60. The lowest BCUT2D eigenvalue weighted by Gasteiger charge is -2.12. The van der Waals surface area contributed by atoms with E-state index in [1.54, 1.807) is 0 Å². The molecular formula is C16H14Cl2F3NO2. The van der Waals surface area contributed by atoms with E-state index < -0.39 is 11.7 Å². The lowest BCUT2D eigenvalue weighted by atomic mass is 10.2. The van der Waals surface area contributed by atoms with E-state index in [0.29, 0.717) is 25.3 Å². The fraction of sp³-hybridized carbons (Fsp3) is 0.250. The summed E-state index contributed by atoms with van der Waals surface area (Å²) in [6, 6.07) is 7.44. The van der Waals surface area contributed by atoms with Crippen molar-refractivity contribution in [1.82, 2.24) is 0 Å². The summed E-state index contributed by atoms with van der Waals surface area (Å²) >= 11 is 11.8. The van der Waals surface area contributed by atoms with Crippen molar-refractivity contribution < 1.29 is 23.0 Å². The van der Waals surface area contributed by atoms with Crippen LogP contribution in [-0.2, 0) is 6.18 Å². The zero-order valence-electron chi connectivity index (χ0n) is 12.3. The minimum Gasteiger partial charge on any atom is -0.508 e. The summed E-state index contributed by atoms with van der Waals surface area (Å²) in [6.07, 6.45) is -3.76. The average Bonchev–Trinajstić information content (AvgIpc) is 2.48. The molecule has 0 aliphatic rings. The van der Waals surface area contributed by atoms with E-state index in [2.05, 4.69) is 5.32 Å². The van der Waals surface area contributed by atoms with Crippen LogP contribution in [0.2, 0.25) is 10.0 Å². The topological polar surface area (TPSA) is 41.5 Å². The highest BCUT2D eigenvalue weighted by molar-refractivity contribution is 6.37. The van der Waals surface area contributed by atoms with Gasteiger partial charge in [-0.1, -0.05) is 23.2 Å². The van der Waals surface area contributed by atoms with Crippen molar-refractivity contribution in [2.45, 2.75) is 12.6 Å². The van der Waals surface area contributed by atoms with Crippen LogP contribution in [0.3, 0.4) is 0 Å². The van der Waals surface area contributed by atoms with Gasteiger partial charge in [-0.05, 0) is 30.7 Å². The number of nitrogens with one attached hydrogen (secondary N) is 1. The summed E-state index contributed by atoms with van der Waals surface area (Å²) in [7, 11) is 0. The Labute approximate surface area is 147 Å². The maximum Gasteiger partial charge on any atom is 0.416 e. The molecule has 0 radical (unpaired) electrons. The van der Waals surface area contributed by atoms with E-state index in [-0.39, 0.29) is 21.5 Å². The number of phenols is 1. The van der Waals surface area contributed by atoms with Gasteiger partial charge in [0, 0.05) is 24.4 Å². The molecule has 0 saturated heterocycles. The molecule has 2 aromatic carbocycles. The Morgan fingerprint density at radius 3 is 2.17 bits per heavy atom. The van der Waals surface area contributed by atoms with Crippen molar-refractivity contribution in [3.8, 4) is 11.5 Å². The number of halogens is 5.